The molecule has 0 aliphatic carbocycles. The fraction of sp³-hybridized carbons (Fsp3) is 0.167. The van der Waals surface area contributed by atoms with Gasteiger partial charge in [0.25, 0.3) is 0 Å². The van der Waals surface area contributed by atoms with Crippen molar-refractivity contribution < 1.29 is 15.2 Å². The van der Waals surface area contributed by atoms with Gasteiger partial charge in [0.15, 0.2) is 6.20 Å². The Labute approximate surface area is 52.6 Å². The van der Waals surface area contributed by atoms with E-state index in [1.54, 1.807) is 6.20 Å². The molecule has 0 unspecified atom stereocenters. The van der Waals surface area contributed by atoms with E-state index in [0.29, 0.717) is 0 Å². The van der Waals surface area contributed by atoms with Crippen LogP contribution in [0.1, 0.15) is 5.56 Å². The van der Waals surface area contributed by atoms with Crippen molar-refractivity contribution in [3.8, 4) is 11.6 Å². The summed E-state index contributed by atoms with van der Waals surface area (Å²) in [4.78, 5) is 2.47. The molecule has 0 aromatic carbocycles. The Morgan fingerprint density at radius 2 is 2.11 bits per heavy atom. The predicted molar refractivity (Wildman–Crippen MR) is 31.1 cm³/mol. The maximum Gasteiger partial charge on any atom is 0.407 e. The van der Waals surface area contributed by atoms with Gasteiger partial charge in [-0.15, -0.1) is 0 Å². The van der Waals surface area contributed by atoms with Crippen LogP contribution in [0.4, 0.5) is 0 Å². The summed E-state index contributed by atoms with van der Waals surface area (Å²) in [6, 6.07) is 1.48. The van der Waals surface area contributed by atoms with Gasteiger partial charge in [0, 0.05) is 5.56 Å². The zero-order chi connectivity index (χ0) is 6.85. The summed E-state index contributed by atoms with van der Waals surface area (Å²) >= 11 is 0. The molecule has 0 amide bonds. The third kappa shape index (κ3) is 1.10. The van der Waals surface area contributed by atoms with E-state index in [1.165, 1.54) is 6.07 Å². The second kappa shape index (κ2) is 1.93. The molecule has 48 valence electrons. The summed E-state index contributed by atoms with van der Waals surface area (Å²) in [6.07, 6.45) is 1.61. The van der Waals surface area contributed by atoms with Crippen molar-refractivity contribution >= 4 is 0 Å². The minimum atomic E-state index is -0.194. The van der Waals surface area contributed by atoms with Gasteiger partial charge in [-0.2, -0.15) is 4.98 Å². The lowest BCUT2D eigenvalue weighted by atomic mass is 10.3. The average Bonchev–Trinajstić information content (AvgIpc) is 1.80. The molecule has 0 radical (unpaired) electrons. The number of aromatic nitrogens is 1. The van der Waals surface area contributed by atoms with Gasteiger partial charge in [-0.25, -0.2) is 0 Å². The number of nitrogens with one attached hydrogen (secondary N) is 1. The van der Waals surface area contributed by atoms with Gasteiger partial charge in [0.05, 0.1) is 0 Å². The number of hydrogen-bond donors (Lipinski definition) is 2. The minimum Gasteiger partial charge on any atom is -0.500 e. The van der Waals surface area contributed by atoms with E-state index in [4.69, 9.17) is 10.2 Å². The van der Waals surface area contributed by atoms with Crippen molar-refractivity contribution in [1.82, 2.24) is 0 Å². The van der Waals surface area contributed by atoms with Gasteiger partial charge < -0.3 is 10.2 Å². The normalized spacial score (nSPS) is 9.44. The van der Waals surface area contributed by atoms with Crippen LogP contribution in [0.15, 0.2) is 12.3 Å². The number of H-pyrrole nitrogens is 1. The van der Waals surface area contributed by atoms with E-state index in [2.05, 4.69) is 4.98 Å². The zero-order valence-electron chi connectivity index (χ0n) is 5.05. The number of aromatic amines is 1. The Balaban J connectivity index is 3.17. The van der Waals surface area contributed by atoms with Crippen LogP contribution in [0.5, 0.6) is 11.6 Å². The first kappa shape index (κ1) is 5.88. The van der Waals surface area contributed by atoms with Crippen molar-refractivity contribution in [1.29, 1.82) is 0 Å². The lowest BCUT2D eigenvalue weighted by Gasteiger charge is -1.88. The van der Waals surface area contributed by atoms with E-state index in [9.17, 15) is 0 Å². The Bertz CT molecular complexity index is 222. The van der Waals surface area contributed by atoms with Crippen LogP contribution in [0, 0.1) is 6.92 Å². The molecular weight excluding hydrogens is 118 g/mol. The molecule has 3 N–H and O–H groups in total. The van der Waals surface area contributed by atoms with Crippen LogP contribution >= 0.6 is 0 Å². The number of aromatic hydroxyl groups is 2. The van der Waals surface area contributed by atoms with Crippen molar-refractivity contribution in [2.75, 3.05) is 0 Å². The van der Waals surface area contributed by atoms with Gasteiger partial charge in [0.1, 0.15) is 0 Å². The van der Waals surface area contributed by atoms with E-state index in [-0.39, 0.29) is 11.6 Å². The van der Waals surface area contributed by atoms with Crippen molar-refractivity contribution in [3.05, 3.63) is 17.8 Å². The monoisotopic (exact) mass is 126 g/mol. The molecule has 1 aromatic rings. The topological polar surface area (TPSA) is 54.6 Å². The molecule has 1 aromatic heterocycles. The molecule has 1 heterocycles. The highest BCUT2D eigenvalue weighted by molar-refractivity contribution is 5.28. The standard InChI is InChI=1S/C6H7NO2/c1-4-2-5(8)6(9)7-3-4/h2-3,8H,1H3,(H,7,9)/p+1. The van der Waals surface area contributed by atoms with Crippen LogP contribution in [-0.2, 0) is 0 Å². The smallest absolute Gasteiger partial charge is 0.407 e. The summed E-state index contributed by atoms with van der Waals surface area (Å²) in [5.41, 5.74) is 0.880. The molecule has 0 fully saturated rings. The molecule has 0 aliphatic heterocycles. The zero-order valence-corrected chi connectivity index (χ0v) is 5.05. The molecule has 0 atom stereocenters. The summed E-state index contributed by atoms with van der Waals surface area (Å²) in [5.74, 6) is -0.310. The van der Waals surface area contributed by atoms with Crippen LogP contribution in [0.2, 0.25) is 0 Å². The first-order valence-electron chi connectivity index (χ1n) is 2.60. The average molecular weight is 126 g/mol. The Morgan fingerprint density at radius 3 is 2.56 bits per heavy atom. The van der Waals surface area contributed by atoms with E-state index >= 15 is 0 Å². The van der Waals surface area contributed by atoms with Crippen molar-refractivity contribution in [2.24, 2.45) is 0 Å². The fourth-order valence-electron chi connectivity index (χ4n) is 0.582. The molecule has 0 aliphatic rings. The molecule has 9 heavy (non-hydrogen) atoms. The van der Waals surface area contributed by atoms with Crippen LogP contribution in [0.25, 0.3) is 0 Å². The second-order valence-corrected chi connectivity index (χ2v) is 1.91. The molecule has 3 heteroatoms. The largest absolute Gasteiger partial charge is 0.500 e. The molecule has 1 rings (SSSR count). The maximum absolute atomic E-state index is 8.82. The first-order chi connectivity index (χ1) is 4.20. The summed E-state index contributed by atoms with van der Waals surface area (Å²) in [5, 5.41) is 17.6. The molecular formula is C6H8NO2+. The maximum atomic E-state index is 8.82. The van der Waals surface area contributed by atoms with Gasteiger partial charge in [0.2, 0.25) is 5.75 Å². The molecule has 0 spiro atoms. The van der Waals surface area contributed by atoms with Crippen LogP contribution in [0.3, 0.4) is 0 Å². The Hall–Kier alpha value is -1.25. The predicted octanol–water partition coefficient (Wildman–Crippen LogP) is 0.220. The highest BCUT2D eigenvalue weighted by Crippen LogP contribution is 2.17. The number of hydrogen-bond acceptors (Lipinski definition) is 2. The van der Waals surface area contributed by atoms with E-state index in [0.717, 1.165) is 5.56 Å². The van der Waals surface area contributed by atoms with Crippen molar-refractivity contribution in [3.63, 3.8) is 0 Å². The van der Waals surface area contributed by atoms with E-state index in [1.807, 2.05) is 6.92 Å². The third-order valence-electron chi connectivity index (χ3n) is 1.04. The number of pyridine rings is 1. The Kier molecular flexibility index (Phi) is 1.26. The third-order valence-corrected chi connectivity index (χ3v) is 1.04. The lowest BCUT2D eigenvalue weighted by molar-refractivity contribution is -0.396. The van der Waals surface area contributed by atoms with Crippen LogP contribution < -0.4 is 4.98 Å². The van der Waals surface area contributed by atoms with Gasteiger partial charge in [-0.3, -0.25) is 0 Å². The van der Waals surface area contributed by atoms with Gasteiger partial charge in [-0.05, 0) is 13.0 Å². The van der Waals surface area contributed by atoms with Gasteiger partial charge in [-0.1, -0.05) is 0 Å². The lowest BCUT2D eigenvalue weighted by Crippen LogP contribution is -2.01. The van der Waals surface area contributed by atoms with Crippen molar-refractivity contribution in [2.45, 2.75) is 6.92 Å². The molecule has 3 nitrogen and oxygen atoms in total. The SMILES string of the molecule is Cc1c[nH+]c(O)c(O)c1. The molecule has 0 saturated heterocycles. The summed E-state index contributed by atoms with van der Waals surface area (Å²) in [6.45, 7) is 1.82. The highest BCUT2D eigenvalue weighted by Gasteiger charge is 2.04. The van der Waals surface area contributed by atoms with Crippen LogP contribution in [-0.4, -0.2) is 10.2 Å². The number of rotatable bonds is 0. The van der Waals surface area contributed by atoms with Gasteiger partial charge >= 0.3 is 5.88 Å². The summed E-state index contributed by atoms with van der Waals surface area (Å²) < 4.78 is 0. The minimum absolute atomic E-state index is 0.116. The quantitative estimate of drug-likeness (QED) is 0.522. The fourth-order valence-corrected chi connectivity index (χ4v) is 0.582. The second-order valence-electron chi connectivity index (χ2n) is 1.91. The molecule has 0 saturated carbocycles. The van der Waals surface area contributed by atoms with E-state index < -0.39 is 0 Å². The Morgan fingerprint density at radius 1 is 1.44 bits per heavy atom. The first-order valence-corrected chi connectivity index (χ1v) is 2.60. The summed E-state index contributed by atoms with van der Waals surface area (Å²) in [7, 11) is 0. The molecule has 0 bridgehead atoms. The highest BCUT2D eigenvalue weighted by atomic mass is 16.3. The number of aryl methyl sites for hydroxylation is 1.